The van der Waals surface area contributed by atoms with Crippen LogP contribution < -0.4 is 5.32 Å². The van der Waals surface area contributed by atoms with Crippen LogP contribution in [-0.2, 0) is 4.74 Å². The highest BCUT2D eigenvalue weighted by atomic mass is 16.6. The highest BCUT2D eigenvalue weighted by Gasteiger charge is 2.10. The second kappa shape index (κ2) is 7.13. The van der Waals surface area contributed by atoms with Crippen molar-refractivity contribution < 1.29 is 9.84 Å². The zero-order chi connectivity index (χ0) is 9.40. The van der Waals surface area contributed by atoms with E-state index in [1.54, 1.807) is 0 Å². The molecule has 0 saturated carbocycles. The predicted molar refractivity (Wildman–Crippen MR) is 49.7 cm³/mol. The van der Waals surface area contributed by atoms with Gasteiger partial charge in [-0.2, -0.15) is 0 Å². The van der Waals surface area contributed by atoms with E-state index in [9.17, 15) is 5.11 Å². The average Bonchev–Trinajstić information content (AvgIpc) is 2.05. The van der Waals surface area contributed by atoms with E-state index < -0.39 is 6.29 Å². The third-order valence-corrected chi connectivity index (χ3v) is 1.48. The van der Waals surface area contributed by atoms with E-state index in [1.807, 2.05) is 26.1 Å². The Morgan fingerprint density at radius 3 is 2.67 bits per heavy atom. The van der Waals surface area contributed by atoms with Gasteiger partial charge in [0.2, 0.25) is 0 Å². The Morgan fingerprint density at radius 1 is 1.50 bits per heavy atom. The van der Waals surface area contributed by atoms with Crippen LogP contribution in [0.3, 0.4) is 0 Å². The third-order valence-electron chi connectivity index (χ3n) is 1.48. The van der Waals surface area contributed by atoms with Gasteiger partial charge in [0.15, 0.2) is 6.29 Å². The van der Waals surface area contributed by atoms with Gasteiger partial charge < -0.3 is 15.2 Å². The molecule has 0 aromatic heterocycles. The summed E-state index contributed by atoms with van der Waals surface area (Å²) in [6, 6.07) is -0.0623. The Balaban J connectivity index is 3.55. The summed E-state index contributed by atoms with van der Waals surface area (Å²) < 4.78 is 4.99. The fraction of sp³-hybridized carbons (Fsp3) is 0.778. The zero-order valence-corrected chi connectivity index (χ0v) is 8.08. The molecule has 0 aromatic rings. The summed E-state index contributed by atoms with van der Waals surface area (Å²) in [6.07, 6.45) is 4.10. The molecule has 0 rings (SSSR count). The number of nitrogens with one attached hydrogen (secondary N) is 1. The number of aliphatic hydroxyl groups excluding tert-OH is 1. The fourth-order valence-corrected chi connectivity index (χ4v) is 0.735. The van der Waals surface area contributed by atoms with Crippen molar-refractivity contribution in [3.8, 4) is 0 Å². The normalized spacial score (nSPS) is 16.3. The summed E-state index contributed by atoms with van der Waals surface area (Å²) in [7, 11) is 0. The van der Waals surface area contributed by atoms with Gasteiger partial charge in [0.05, 0.1) is 6.04 Å². The molecule has 0 aliphatic rings. The first kappa shape index (κ1) is 11.5. The second-order valence-electron chi connectivity index (χ2n) is 2.61. The summed E-state index contributed by atoms with van der Waals surface area (Å²) in [5.74, 6) is 0. The van der Waals surface area contributed by atoms with Crippen LogP contribution in [0.1, 0.15) is 27.2 Å². The summed E-state index contributed by atoms with van der Waals surface area (Å²) in [5, 5.41) is 12.3. The van der Waals surface area contributed by atoms with Crippen molar-refractivity contribution in [2.24, 2.45) is 0 Å². The van der Waals surface area contributed by atoms with Crippen molar-refractivity contribution in [3.05, 3.63) is 12.3 Å². The molecule has 3 nitrogen and oxygen atoms in total. The van der Waals surface area contributed by atoms with Gasteiger partial charge in [0.25, 0.3) is 0 Å². The largest absolute Gasteiger partial charge is 0.384 e. The Hall–Kier alpha value is -0.540. The minimum atomic E-state index is -0.725. The van der Waals surface area contributed by atoms with Crippen LogP contribution in [0, 0.1) is 0 Å². The zero-order valence-electron chi connectivity index (χ0n) is 8.08. The van der Waals surface area contributed by atoms with Crippen molar-refractivity contribution in [3.63, 3.8) is 0 Å². The lowest BCUT2D eigenvalue weighted by Gasteiger charge is -2.18. The van der Waals surface area contributed by atoms with Gasteiger partial charge in [-0.05, 0) is 26.5 Å². The minimum Gasteiger partial charge on any atom is -0.384 e. The van der Waals surface area contributed by atoms with E-state index >= 15 is 0 Å². The first-order valence-corrected chi connectivity index (χ1v) is 4.43. The van der Waals surface area contributed by atoms with Gasteiger partial charge in [-0.25, -0.2) is 0 Å². The molecule has 1 unspecified atom stereocenters. The summed E-state index contributed by atoms with van der Waals surface area (Å²) in [5.41, 5.74) is 0. The monoisotopic (exact) mass is 173 g/mol. The van der Waals surface area contributed by atoms with Gasteiger partial charge >= 0.3 is 0 Å². The van der Waals surface area contributed by atoms with Crippen LogP contribution in [0.4, 0.5) is 0 Å². The highest BCUT2D eigenvalue weighted by Crippen LogP contribution is 1.94. The molecule has 0 aliphatic carbocycles. The molecule has 0 bridgehead atoms. The van der Waals surface area contributed by atoms with E-state index in [0.29, 0.717) is 6.61 Å². The molecule has 0 aliphatic heterocycles. The van der Waals surface area contributed by atoms with Crippen LogP contribution >= 0.6 is 0 Å². The number of ether oxygens (including phenoxy) is 1. The molecule has 0 heterocycles. The molecule has 0 radical (unpaired) electrons. The maximum atomic E-state index is 9.30. The molecule has 3 heteroatoms. The molecule has 0 amide bonds. The smallest absolute Gasteiger partial charge is 0.174 e. The maximum absolute atomic E-state index is 9.30. The molecule has 0 spiro atoms. The Bertz CT molecular complexity index is 126. The number of aliphatic hydroxyl groups is 1. The number of allylic oxidation sites excluding steroid dienone is 1. The second-order valence-corrected chi connectivity index (χ2v) is 2.61. The van der Waals surface area contributed by atoms with Crippen molar-refractivity contribution in [1.29, 1.82) is 0 Å². The van der Waals surface area contributed by atoms with Crippen LogP contribution in [-0.4, -0.2) is 24.0 Å². The Kier molecular flexibility index (Phi) is 6.81. The van der Waals surface area contributed by atoms with Crippen molar-refractivity contribution in [2.45, 2.75) is 39.5 Å². The quantitative estimate of drug-likeness (QED) is 0.594. The minimum absolute atomic E-state index is 0.0623. The summed E-state index contributed by atoms with van der Waals surface area (Å²) in [4.78, 5) is 0. The first-order valence-electron chi connectivity index (χ1n) is 4.43. The van der Waals surface area contributed by atoms with Crippen LogP contribution in [0.2, 0.25) is 0 Å². The lowest BCUT2D eigenvalue weighted by molar-refractivity contribution is -0.110. The highest BCUT2D eigenvalue weighted by molar-refractivity contribution is 4.81. The van der Waals surface area contributed by atoms with Gasteiger partial charge in [0, 0.05) is 6.61 Å². The topological polar surface area (TPSA) is 41.5 Å². The van der Waals surface area contributed by atoms with Gasteiger partial charge in [0.1, 0.15) is 0 Å². The Morgan fingerprint density at radius 2 is 2.17 bits per heavy atom. The van der Waals surface area contributed by atoms with Gasteiger partial charge in [-0.3, -0.25) is 0 Å². The molecular formula is C9H19NO2. The fourth-order valence-electron chi connectivity index (χ4n) is 0.735. The van der Waals surface area contributed by atoms with Crippen molar-refractivity contribution in [1.82, 2.24) is 5.32 Å². The molecule has 2 atom stereocenters. The van der Waals surface area contributed by atoms with Crippen molar-refractivity contribution in [2.75, 3.05) is 6.61 Å². The average molecular weight is 173 g/mol. The van der Waals surface area contributed by atoms with Gasteiger partial charge in [-0.1, -0.05) is 13.0 Å². The molecular weight excluding hydrogens is 154 g/mol. The van der Waals surface area contributed by atoms with Crippen LogP contribution in [0.25, 0.3) is 0 Å². The number of hydrogen-bond acceptors (Lipinski definition) is 3. The van der Waals surface area contributed by atoms with Gasteiger partial charge in [-0.15, -0.1) is 0 Å². The maximum Gasteiger partial charge on any atom is 0.174 e. The standard InChI is InChI=1S/C9H19NO2/c1-4-6-7-10-8(3)9(11)12-5-2/h6-11H,4-5H2,1-3H3/b7-6-/t8?,9-/m0/s1. The Labute approximate surface area is 74.4 Å². The van der Waals surface area contributed by atoms with E-state index in [-0.39, 0.29) is 6.04 Å². The molecule has 0 fully saturated rings. The lowest BCUT2D eigenvalue weighted by atomic mass is 10.3. The number of hydrogen-bond donors (Lipinski definition) is 2. The lowest BCUT2D eigenvalue weighted by Crippen LogP contribution is -2.36. The molecule has 0 saturated heterocycles. The SMILES string of the molecule is CC/C=C\NC(C)[C@@H](O)OCC. The summed E-state index contributed by atoms with van der Waals surface area (Å²) in [6.45, 7) is 6.32. The van der Waals surface area contributed by atoms with Crippen LogP contribution in [0.5, 0.6) is 0 Å². The molecule has 0 aromatic carbocycles. The molecule has 2 N–H and O–H groups in total. The van der Waals surface area contributed by atoms with E-state index in [1.165, 1.54) is 0 Å². The van der Waals surface area contributed by atoms with Crippen molar-refractivity contribution >= 4 is 0 Å². The molecule has 12 heavy (non-hydrogen) atoms. The predicted octanol–water partition coefficient (Wildman–Crippen LogP) is 1.24. The van der Waals surface area contributed by atoms with E-state index in [2.05, 4.69) is 12.2 Å². The van der Waals surface area contributed by atoms with E-state index in [4.69, 9.17) is 4.74 Å². The van der Waals surface area contributed by atoms with E-state index in [0.717, 1.165) is 6.42 Å². The summed E-state index contributed by atoms with van der Waals surface area (Å²) >= 11 is 0. The third kappa shape index (κ3) is 5.16. The first-order chi connectivity index (χ1) is 5.72. The van der Waals surface area contributed by atoms with Crippen LogP contribution in [0.15, 0.2) is 12.3 Å². The molecule has 72 valence electrons. The number of rotatable bonds is 6.